The van der Waals surface area contributed by atoms with Crippen LogP contribution in [0.3, 0.4) is 0 Å². The average molecular weight is 404 g/mol. The number of H-pyrrole nitrogens is 1. The highest BCUT2D eigenvalue weighted by Crippen LogP contribution is 2.30. The molecule has 0 atom stereocenters. The molecule has 0 saturated carbocycles. The predicted octanol–water partition coefficient (Wildman–Crippen LogP) is 4.34. The SMILES string of the molecule is CCCCCOc1ccc(C(=O)c2cccc3ccccc23)c2[nH]c(=O)n(OC)c12. The Morgan fingerprint density at radius 1 is 1.00 bits per heavy atom. The van der Waals surface area contributed by atoms with Gasteiger partial charge in [0.05, 0.1) is 12.1 Å². The number of aromatic amines is 1. The third kappa shape index (κ3) is 3.45. The first kappa shape index (κ1) is 19.8. The molecule has 0 bridgehead atoms. The molecule has 1 aromatic heterocycles. The molecule has 4 rings (SSSR count). The Balaban J connectivity index is 1.83. The van der Waals surface area contributed by atoms with Crippen LogP contribution >= 0.6 is 0 Å². The number of ether oxygens (including phenoxy) is 1. The van der Waals surface area contributed by atoms with Gasteiger partial charge in [0.15, 0.2) is 11.3 Å². The van der Waals surface area contributed by atoms with Gasteiger partial charge in [0.1, 0.15) is 12.9 Å². The fraction of sp³-hybridized carbons (Fsp3) is 0.250. The average Bonchev–Trinajstić information content (AvgIpc) is 3.12. The van der Waals surface area contributed by atoms with E-state index in [4.69, 9.17) is 9.57 Å². The second-order valence-electron chi connectivity index (χ2n) is 7.15. The molecule has 1 heterocycles. The van der Waals surface area contributed by atoms with Gasteiger partial charge in [-0.1, -0.05) is 62.2 Å². The maximum atomic E-state index is 13.5. The number of hydrogen-bond donors (Lipinski definition) is 1. The van der Waals surface area contributed by atoms with Crippen molar-refractivity contribution in [2.45, 2.75) is 26.2 Å². The highest BCUT2D eigenvalue weighted by atomic mass is 16.7. The fourth-order valence-corrected chi connectivity index (χ4v) is 3.74. The molecule has 0 aliphatic carbocycles. The minimum absolute atomic E-state index is 0.168. The highest BCUT2D eigenvalue weighted by molar-refractivity contribution is 6.21. The predicted molar refractivity (Wildman–Crippen MR) is 117 cm³/mol. The van der Waals surface area contributed by atoms with Gasteiger partial charge in [0.2, 0.25) is 0 Å². The molecule has 0 saturated heterocycles. The van der Waals surface area contributed by atoms with Gasteiger partial charge in [-0.15, -0.1) is 4.73 Å². The van der Waals surface area contributed by atoms with E-state index in [9.17, 15) is 9.59 Å². The van der Waals surface area contributed by atoms with E-state index in [0.29, 0.717) is 34.5 Å². The zero-order valence-corrected chi connectivity index (χ0v) is 17.1. The lowest BCUT2D eigenvalue weighted by Gasteiger charge is -2.12. The summed E-state index contributed by atoms with van der Waals surface area (Å²) >= 11 is 0. The maximum absolute atomic E-state index is 13.5. The molecule has 6 nitrogen and oxygen atoms in total. The molecule has 3 aromatic carbocycles. The molecule has 154 valence electrons. The van der Waals surface area contributed by atoms with Gasteiger partial charge >= 0.3 is 5.69 Å². The number of ketones is 1. The van der Waals surface area contributed by atoms with Crippen molar-refractivity contribution in [3.8, 4) is 5.75 Å². The number of benzene rings is 3. The normalized spacial score (nSPS) is 11.1. The van der Waals surface area contributed by atoms with Crippen molar-refractivity contribution < 1.29 is 14.4 Å². The summed E-state index contributed by atoms with van der Waals surface area (Å²) in [4.78, 5) is 33.9. The summed E-state index contributed by atoms with van der Waals surface area (Å²) in [6.45, 7) is 2.66. The van der Waals surface area contributed by atoms with Crippen LogP contribution in [0.4, 0.5) is 0 Å². The van der Waals surface area contributed by atoms with Crippen LogP contribution in [0.2, 0.25) is 0 Å². The van der Waals surface area contributed by atoms with Crippen molar-refractivity contribution >= 4 is 27.6 Å². The van der Waals surface area contributed by atoms with E-state index in [1.165, 1.54) is 7.11 Å². The van der Waals surface area contributed by atoms with Crippen molar-refractivity contribution in [3.05, 3.63) is 76.2 Å². The second kappa shape index (κ2) is 8.45. The molecule has 1 N–H and O–H groups in total. The van der Waals surface area contributed by atoms with Crippen LogP contribution in [0.5, 0.6) is 5.75 Å². The van der Waals surface area contributed by atoms with Crippen LogP contribution in [-0.4, -0.2) is 29.2 Å². The molecule has 6 heteroatoms. The monoisotopic (exact) mass is 404 g/mol. The van der Waals surface area contributed by atoms with E-state index >= 15 is 0 Å². The second-order valence-corrected chi connectivity index (χ2v) is 7.15. The van der Waals surface area contributed by atoms with Crippen molar-refractivity contribution in [2.75, 3.05) is 13.7 Å². The molecule has 30 heavy (non-hydrogen) atoms. The van der Waals surface area contributed by atoms with Crippen molar-refractivity contribution in [1.29, 1.82) is 0 Å². The van der Waals surface area contributed by atoms with Gasteiger partial charge in [-0.25, -0.2) is 4.79 Å². The van der Waals surface area contributed by atoms with Gasteiger partial charge in [0, 0.05) is 11.1 Å². The molecule has 0 aliphatic heterocycles. The number of nitrogens with one attached hydrogen (secondary N) is 1. The van der Waals surface area contributed by atoms with Crippen LogP contribution in [0.1, 0.15) is 42.1 Å². The van der Waals surface area contributed by atoms with E-state index in [-0.39, 0.29) is 5.78 Å². The summed E-state index contributed by atoms with van der Waals surface area (Å²) in [5.74, 6) is 0.342. The molecule has 4 aromatic rings. The standard InChI is InChI=1S/C24H24N2O4/c1-3-4-7-15-30-20-14-13-19(21-22(20)26(29-2)24(28)25-21)23(27)18-12-8-10-16-9-5-6-11-17(16)18/h5-6,8-14H,3-4,7,15H2,1-2H3,(H,25,28). The van der Waals surface area contributed by atoms with Gasteiger partial charge in [-0.2, -0.15) is 0 Å². The zero-order valence-electron chi connectivity index (χ0n) is 17.1. The zero-order chi connectivity index (χ0) is 21.1. The van der Waals surface area contributed by atoms with Crippen LogP contribution in [0.15, 0.2) is 59.4 Å². The summed E-state index contributed by atoms with van der Waals surface area (Å²) < 4.78 is 7.05. The van der Waals surface area contributed by atoms with Crippen molar-refractivity contribution in [1.82, 2.24) is 9.71 Å². The summed E-state index contributed by atoms with van der Waals surface area (Å²) in [5, 5.41) is 1.85. The molecule has 0 aliphatic rings. The topological polar surface area (TPSA) is 73.3 Å². The largest absolute Gasteiger partial charge is 0.491 e. The first-order valence-electron chi connectivity index (χ1n) is 10.1. The maximum Gasteiger partial charge on any atom is 0.359 e. The lowest BCUT2D eigenvalue weighted by atomic mass is 9.96. The van der Waals surface area contributed by atoms with E-state index in [2.05, 4.69) is 11.9 Å². The van der Waals surface area contributed by atoms with Crippen molar-refractivity contribution in [2.24, 2.45) is 0 Å². The summed E-state index contributed by atoms with van der Waals surface area (Å²) in [5.41, 5.74) is 1.37. The minimum atomic E-state index is -0.455. The Hall–Kier alpha value is -3.54. The van der Waals surface area contributed by atoms with E-state index in [1.54, 1.807) is 18.2 Å². The Labute approximate surface area is 174 Å². The van der Waals surface area contributed by atoms with Crippen LogP contribution in [0, 0.1) is 0 Å². The first-order chi connectivity index (χ1) is 14.7. The molecular formula is C24H24N2O4. The number of nitrogens with zero attached hydrogens (tertiary/aromatic N) is 1. The molecule has 0 radical (unpaired) electrons. The number of fused-ring (bicyclic) bond motifs is 2. The summed E-state index contributed by atoms with van der Waals surface area (Å²) in [6, 6.07) is 16.8. The van der Waals surface area contributed by atoms with Crippen LogP contribution < -0.4 is 15.3 Å². The molecule has 0 amide bonds. The number of carbonyl (C=O) groups is 1. The van der Waals surface area contributed by atoms with Gasteiger partial charge < -0.3 is 14.6 Å². The summed E-state index contributed by atoms with van der Waals surface area (Å²) in [7, 11) is 1.41. The number of carbonyl (C=O) groups excluding carboxylic acids is 1. The lowest BCUT2D eigenvalue weighted by Crippen LogP contribution is -2.21. The highest BCUT2D eigenvalue weighted by Gasteiger charge is 2.22. The smallest absolute Gasteiger partial charge is 0.359 e. The van der Waals surface area contributed by atoms with Gasteiger partial charge in [-0.3, -0.25) is 4.79 Å². The third-order valence-electron chi connectivity index (χ3n) is 5.23. The fourth-order valence-electron chi connectivity index (χ4n) is 3.74. The Morgan fingerprint density at radius 2 is 1.80 bits per heavy atom. The molecule has 0 fully saturated rings. The first-order valence-corrected chi connectivity index (χ1v) is 10.1. The number of aromatic nitrogens is 2. The van der Waals surface area contributed by atoms with E-state index in [0.717, 1.165) is 34.8 Å². The Bertz CT molecular complexity index is 1260. The number of rotatable bonds is 8. The summed E-state index contributed by atoms with van der Waals surface area (Å²) in [6.07, 6.45) is 3.06. The number of unbranched alkanes of at least 4 members (excludes halogenated alkanes) is 2. The Kier molecular flexibility index (Phi) is 5.57. The third-order valence-corrected chi connectivity index (χ3v) is 5.23. The van der Waals surface area contributed by atoms with Crippen LogP contribution in [-0.2, 0) is 0 Å². The van der Waals surface area contributed by atoms with E-state index < -0.39 is 5.69 Å². The molecule has 0 spiro atoms. The lowest BCUT2D eigenvalue weighted by molar-refractivity contribution is 0.104. The number of hydrogen-bond acceptors (Lipinski definition) is 4. The Morgan fingerprint density at radius 3 is 2.60 bits per heavy atom. The number of imidazole rings is 1. The van der Waals surface area contributed by atoms with Crippen LogP contribution in [0.25, 0.3) is 21.8 Å². The molecular weight excluding hydrogens is 380 g/mol. The minimum Gasteiger partial charge on any atom is -0.491 e. The molecule has 0 unspecified atom stereocenters. The quantitative estimate of drug-likeness (QED) is 0.350. The van der Waals surface area contributed by atoms with Crippen molar-refractivity contribution in [3.63, 3.8) is 0 Å². The van der Waals surface area contributed by atoms with E-state index in [1.807, 2.05) is 36.4 Å². The van der Waals surface area contributed by atoms with Gasteiger partial charge in [-0.05, 0) is 29.3 Å². The van der Waals surface area contributed by atoms with Gasteiger partial charge in [0.25, 0.3) is 0 Å².